The van der Waals surface area contributed by atoms with E-state index in [1.807, 2.05) is 25.1 Å². The van der Waals surface area contributed by atoms with Gasteiger partial charge in [0.15, 0.2) is 0 Å². The van der Waals surface area contributed by atoms with E-state index < -0.39 is 0 Å². The molecule has 27 heavy (non-hydrogen) atoms. The van der Waals surface area contributed by atoms with Crippen molar-refractivity contribution in [3.8, 4) is 0 Å². The molecule has 0 bridgehead atoms. The van der Waals surface area contributed by atoms with E-state index in [0.717, 1.165) is 19.5 Å². The lowest BCUT2D eigenvalue weighted by molar-refractivity contribution is -0.144. The Balaban J connectivity index is 2.23. The molecule has 0 radical (unpaired) electrons. The maximum absolute atomic E-state index is 12.1. The first-order valence-corrected chi connectivity index (χ1v) is 9.78. The fraction of sp³-hybridized carbons (Fsp3) is 0.375. The molecule has 2 atom stereocenters. The van der Waals surface area contributed by atoms with Gasteiger partial charge in [0.05, 0.1) is 13.0 Å². The van der Waals surface area contributed by atoms with E-state index in [-0.39, 0.29) is 17.9 Å². The number of carbonyl (C=O) groups excluding carboxylic acids is 1. The van der Waals surface area contributed by atoms with Crippen LogP contribution >= 0.6 is 0 Å². The molecule has 0 aliphatic rings. The molecule has 3 heteroatoms. The smallest absolute Gasteiger partial charge is 0.306 e. The summed E-state index contributed by atoms with van der Waals surface area (Å²) in [4.78, 5) is 14.5. The van der Waals surface area contributed by atoms with Gasteiger partial charge in [-0.25, -0.2) is 0 Å². The molecule has 2 aromatic rings. The molecular formula is C24H31NO2. The van der Waals surface area contributed by atoms with Crippen molar-refractivity contribution in [2.45, 2.75) is 45.8 Å². The highest BCUT2D eigenvalue weighted by atomic mass is 16.5. The number of benzene rings is 2. The van der Waals surface area contributed by atoms with Gasteiger partial charge < -0.3 is 4.74 Å². The summed E-state index contributed by atoms with van der Waals surface area (Å²) in [5.74, 6) is -0.0957. The Morgan fingerprint density at radius 1 is 1.00 bits per heavy atom. The first kappa shape index (κ1) is 20.9. The lowest BCUT2D eigenvalue weighted by atomic mass is 9.91. The Morgan fingerprint density at radius 2 is 1.52 bits per heavy atom. The van der Waals surface area contributed by atoms with Gasteiger partial charge in [-0.1, -0.05) is 73.7 Å². The standard InChI is InChI=1S/C24H31NO2/c1-4-22(17-24(26)27-6-3)23(5-2)25(18-20-13-9-7-10-14-20)19-21-15-11-8-12-16-21/h4,7-16,22-23H,1,5-6,17-19H2,2-3H3/t22-,23-/m0/s1. The normalized spacial score (nSPS) is 13.1. The summed E-state index contributed by atoms with van der Waals surface area (Å²) in [5.41, 5.74) is 2.54. The number of nitrogens with zero attached hydrogens (tertiary/aromatic N) is 1. The van der Waals surface area contributed by atoms with Gasteiger partial charge in [0.25, 0.3) is 0 Å². The second kappa shape index (κ2) is 11.3. The van der Waals surface area contributed by atoms with Crippen molar-refractivity contribution in [2.24, 2.45) is 5.92 Å². The molecule has 0 aliphatic carbocycles. The highest BCUT2D eigenvalue weighted by Gasteiger charge is 2.27. The zero-order valence-corrected chi connectivity index (χ0v) is 16.5. The van der Waals surface area contributed by atoms with E-state index in [1.165, 1.54) is 11.1 Å². The summed E-state index contributed by atoms with van der Waals surface area (Å²) in [7, 11) is 0. The van der Waals surface area contributed by atoms with Gasteiger partial charge in [-0.2, -0.15) is 0 Å². The van der Waals surface area contributed by atoms with Gasteiger partial charge in [-0.05, 0) is 24.5 Å². The summed E-state index contributed by atoms with van der Waals surface area (Å²) >= 11 is 0. The summed E-state index contributed by atoms with van der Waals surface area (Å²) in [6.07, 6.45) is 3.22. The van der Waals surface area contributed by atoms with Crippen LogP contribution in [-0.2, 0) is 22.6 Å². The molecule has 0 saturated heterocycles. The molecule has 0 fully saturated rings. The van der Waals surface area contributed by atoms with E-state index >= 15 is 0 Å². The van der Waals surface area contributed by atoms with Gasteiger partial charge >= 0.3 is 5.97 Å². The lowest BCUT2D eigenvalue weighted by Gasteiger charge is -2.35. The zero-order chi connectivity index (χ0) is 19.5. The minimum atomic E-state index is -0.153. The van der Waals surface area contributed by atoms with Crippen LogP contribution in [0.1, 0.15) is 37.8 Å². The molecule has 0 N–H and O–H groups in total. The minimum absolute atomic E-state index is 0.0569. The quantitative estimate of drug-likeness (QED) is 0.404. The highest BCUT2D eigenvalue weighted by Crippen LogP contribution is 2.24. The molecule has 2 aromatic carbocycles. The molecule has 3 nitrogen and oxygen atoms in total. The Hall–Kier alpha value is -2.39. The Morgan fingerprint density at radius 3 is 1.93 bits per heavy atom. The topological polar surface area (TPSA) is 29.5 Å². The Labute approximate surface area is 163 Å². The molecule has 0 aromatic heterocycles. The number of ether oxygens (including phenoxy) is 1. The van der Waals surface area contributed by atoms with E-state index in [1.54, 1.807) is 0 Å². The molecule has 0 unspecified atom stereocenters. The van der Waals surface area contributed by atoms with Crippen molar-refractivity contribution >= 4 is 5.97 Å². The van der Waals surface area contributed by atoms with Gasteiger partial charge in [0, 0.05) is 25.0 Å². The summed E-state index contributed by atoms with van der Waals surface area (Å²) in [6.45, 7) is 10.1. The molecule has 0 heterocycles. The van der Waals surface area contributed by atoms with Crippen molar-refractivity contribution in [1.29, 1.82) is 0 Å². The van der Waals surface area contributed by atoms with Gasteiger partial charge in [-0.3, -0.25) is 9.69 Å². The summed E-state index contributed by atoms with van der Waals surface area (Å²) in [6, 6.07) is 21.2. The van der Waals surface area contributed by atoms with E-state index in [9.17, 15) is 4.79 Å². The van der Waals surface area contributed by atoms with Crippen LogP contribution in [0, 0.1) is 5.92 Å². The zero-order valence-electron chi connectivity index (χ0n) is 16.5. The van der Waals surface area contributed by atoms with Crippen LogP contribution < -0.4 is 0 Å². The number of esters is 1. The van der Waals surface area contributed by atoms with Crippen molar-refractivity contribution < 1.29 is 9.53 Å². The fourth-order valence-corrected chi connectivity index (χ4v) is 3.55. The van der Waals surface area contributed by atoms with Crippen LogP contribution in [0.2, 0.25) is 0 Å². The lowest BCUT2D eigenvalue weighted by Crippen LogP contribution is -2.39. The third kappa shape index (κ3) is 6.69. The second-order valence-corrected chi connectivity index (χ2v) is 6.76. The first-order valence-electron chi connectivity index (χ1n) is 9.78. The third-order valence-corrected chi connectivity index (χ3v) is 4.85. The minimum Gasteiger partial charge on any atom is -0.466 e. The van der Waals surface area contributed by atoms with Crippen molar-refractivity contribution in [3.05, 3.63) is 84.4 Å². The van der Waals surface area contributed by atoms with Crippen molar-refractivity contribution in [1.82, 2.24) is 4.90 Å². The van der Waals surface area contributed by atoms with Crippen LogP contribution in [0.4, 0.5) is 0 Å². The van der Waals surface area contributed by atoms with E-state index in [0.29, 0.717) is 13.0 Å². The van der Waals surface area contributed by atoms with Crippen LogP contribution in [0.25, 0.3) is 0 Å². The molecule has 2 rings (SSSR count). The number of hydrogen-bond acceptors (Lipinski definition) is 3. The maximum Gasteiger partial charge on any atom is 0.306 e. The van der Waals surface area contributed by atoms with Crippen molar-refractivity contribution in [3.63, 3.8) is 0 Å². The molecule has 0 spiro atoms. The van der Waals surface area contributed by atoms with Crippen LogP contribution in [0.5, 0.6) is 0 Å². The van der Waals surface area contributed by atoms with E-state index in [2.05, 4.69) is 66.9 Å². The first-order chi connectivity index (χ1) is 13.2. The van der Waals surface area contributed by atoms with Crippen molar-refractivity contribution in [2.75, 3.05) is 6.61 Å². The molecular weight excluding hydrogens is 334 g/mol. The monoisotopic (exact) mass is 365 g/mol. The highest BCUT2D eigenvalue weighted by molar-refractivity contribution is 5.70. The SMILES string of the molecule is C=C[C@@H](CC(=O)OCC)[C@H](CC)N(Cc1ccccc1)Cc1ccccc1. The second-order valence-electron chi connectivity index (χ2n) is 6.76. The Kier molecular flexibility index (Phi) is 8.79. The van der Waals surface area contributed by atoms with Crippen LogP contribution in [-0.4, -0.2) is 23.5 Å². The number of hydrogen-bond donors (Lipinski definition) is 0. The number of carbonyl (C=O) groups is 1. The maximum atomic E-state index is 12.1. The fourth-order valence-electron chi connectivity index (χ4n) is 3.55. The molecule has 0 amide bonds. The van der Waals surface area contributed by atoms with Crippen LogP contribution in [0.15, 0.2) is 73.3 Å². The average Bonchev–Trinajstić information content (AvgIpc) is 2.69. The Bertz CT molecular complexity index is 643. The third-order valence-electron chi connectivity index (χ3n) is 4.85. The van der Waals surface area contributed by atoms with E-state index in [4.69, 9.17) is 4.74 Å². The predicted molar refractivity (Wildman–Crippen MR) is 111 cm³/mol. The molecule has 144 valence electrons. The molecule has 0 saturated carbocycles. The predicted octanol–water partition coefficient (Wildman–Crippen LogP) is 5.22. The molecule has 0 aliphatic heterocycles. The van der Waals surface area contributed by atoms with Crippen LogP contribution in [0.3, 0.4) is 0 Å². The average molecular weight is 366 g/mol. The summed E-state index contributed by atoms with van der Waals surface area (Å²) in [5, 5.41) is 0. The largest absolute Gasteiger partial charge is 0.466 e. The number of rotatable bonds is 11. The van der Waals surface area contributed by atoms with Gasteiger partial charge in [-0.15, -0.1) is 6.58 Å². The van der Waals surface area contributed by atoms with Gasteiger partial charge in [0.1, 0.15) is 0 Å². The summed E-state index contributed by atoms with van der Waals surface area (Å²) < 4.78 is 5.18. The van der Waals surface area contributed by atoms with Gasteiger partial charge in [0.2, 0.25) is 0 Å².